The van der Waals surface area contributed by atoms with Crippen molar-refractivity contribution in [1.82, 2.24) is 9.47 Å². The number of hydrogen-bond acceptors (Lipinski definition) is 7. The standard InChI is InChI=1S/C25H34N2O7/c1-17(29)27-15-20(19-9-5-6-10-21(19)27)18-13-22(25(30)26(2)16-24(31-3)32-4)34-23(14-18)33-12-8-7-11-28/h5-6,9-10,13,15,18,23-24,28H,7-8,11-12,14,16H2,1-4H3/t18-,23+/m1/s1. The lowest BCUT2D eigenvalue weighted by Gasteiger charge is -2.31. The number of amides is 1. The first-order chi connectivity index (χ1) is 16.4. The van der Waals surface area contributed by atoms with Gasteiger partial charge in [-0.25, -0.2) is 0 Å². The summed E-state index contributed by atoms with van der Waals surface area (Å²) in [5.41, 5.74) is 1.75. The Kier molecular flexibility index (Phi) is 9.23. The fraction of sp³-hybridized carbons (Fsp3) is 0.520. The van der Waals surface area contributed by atoms with Crippen LogP contribution in [0.1, 0.15) is 42.5 Å². The molecule has 2 aromatic rings. The molecule has 2 heterocycles. The topological polar surface area (TPSA) is 99.5 Å². The third-order valence-electron chi connectivity index (χ3n) is 5.90. The lowest BCUT2D eigenvalue weighted by atomic mass is 9.92. The number of aromatic nitrogens is 1. The van der Waals surface area contributed by atoms with Crippen LogP contribution in [0.3, 0.4) is 0 Å². The molecule has 0 unspecified atom stereocenters. The number of allylic oxidation sites excluding steroid dienone is 1. The molecule has 0 radical (unpaired) electrons. The van der Waals surface area contributed by atoms with Crippen molar-refractivity contribution in [2.45, 2.75) is 44.7 Å². The van der Waals surface area contributed by atoms with Crippen molar-refractivity contribution < 1.29 is 33.6 Å². The van der Waals surface area contributed by atoms with Gasteiger partial charge in [0, 0.05) is 58.7 Å². The predicted octanol–water partition coefficient (Wildman–Crippen LogP) is 2.88. The highest BCUT2D eigenvalue weighted by Crippen LogP contribution is 2.36. The normalized spacial score (nSPS) is 18.1. The molecule has 1 N–H and O–H groups in total. The van der Waals surface area contributed by atoms with E-state index in [-0.39, 0.29) is 36.6 Å². The number of aliphatic hydroxyl groups is 1. The van der Waals surface area contributed by atoms with E-state index in [2.05, 4.69) is 0 Å². The Morgan fingerprint density at radius 3 is 2.65 bits per heavy atom. The van der Waals surface area contributed by atoms with E-state index in [0.29, 0.717) is 25.9 Å². The van der Waals surface area contributed by atoms with Gasteiger partial charge < -0.3 is 29.0 Å². The van der Waals surface area contributed by atoms with E-state index < -0.39 is 12.6 Å². The number of aliphatic hydroxyl groups excluding tert-OH is 1. The molecule has 2 atom stereocenters. The fourth-order valence-electron chi connectivity index (χ4n) is 4.06. The Labute approximate surface area is 199 Å². The smallest absolute Gasteiger partial charge is 0.288 e. The molecule has 1 aromatic carbocycles. The average molecular weight is 475 g/mol. The zero-order valence-electron chi connectivity index (χ0n) is 20.2. The molecule has 0 bridgehead atoms. The minimum atomic E-state index is -0.638. The lowest BCUT2D eigenvalue weighted by Crippen LogP contribution is -2.39. The Morgan fingerprint density at radius 2 is 1.97 bits per heavy atom. The maximum absolute atomic E-state index is 13.2. The summed E-state index contributed by atoms with van der Waals surface area (Å²) in [4.78, 5) is 26.9. The van der Waals surface area contributed by atoms with Crippen LogP contribution in [-0.2, 0) is 23.7 Å². The van der Waals surface area contributed by atoms with Crippen LogP contribution in [0.4, 0.5) is 0 Å². The highest BCUT2D eigenvalue weighted by molar-refractivity contribution is 5.95. The van der Waals surface area contributed by atoms with E-state index in [4.69, 9.17) is 24.1 Å². The quantitative estimate of drug-likeness (QED) is 0.395. The monoisotopic (exact) mass is 474 g/mol. The van der Waals surface area contributed by atoms with E-state index in [0.717, 1.165) is 16.5 Å². The molecule has 3 rings (SSSR count). The number of rotatable bonds is 11. The van der Waals surface area contributed by atoms with Crippen molar-refractivity contribution in [3.8, 4) is 0 Å². The van der Waals surface area contributed by atoms with E-state index in [9.17, 15) is 9.59 Å². The molecule has 9 heteroatoms. The maximum Gasteiger partial charge on any atom is 0.288 e. The second kappa shape index (κ2) is 12.1. The highest BCUT2D eigenvalue weighted by Gasteiger charge is 2.32. The molecule has 1 aliphatic heterocycles. The molecular weight excluding hydrogens is 440 g/mol. The van der Waals surface area contributed by atoms with Crippen LogP contribution in [0.2, 0.25) is 0 Å². The second-order valence-corrected chi connectivity index (χ2v) is 8.30. The van der Waals surface area contributed by atoms with Gasteiger partial charge in [0.25, 0.3) is 5.91 Å². The summed E-state index contributed by atoms with van der Waals surface area (Å²) in [7, 11) is 4.68. The van der Waals surface area contributed by atoms with Gasteiger partial charge in [0.05, 0.1) is 18.7 Å². The largest absolute Gasteiger partial charge is 0.459 e. The van der Waals surface area contributed by atoms with Gasteiger partial charge >= 0.3 is 0 Å². The summed E-state index contributed by atoms with van der Waals surface area (Å²) in [6, 6.07) is 7.70. The Hall–Kier alpha value is -2.72. The predicted molar refractivity (Wildman–Crippen MR) is 126 cm³/mol. The van der Waals surface area contributed by atoms with Gasteiger partial charge in [-0.05, 0) is 30.5 Å². The second-order valence-electron chi connectivity index (χ2n) is 8.30. The molecular formula is C25H34N2O7. The number of hydrogen-bond donors (Lipinski definition) is 1. The number of fused-ring (bicyclic) bond motifs is 1. The molecule has 0 spiro atoms. The molecule has 1 aromatic heterocycles. The van der Waals surface area contributed by atoms with Gasteiger partial charge in [0.2, 0.25) is 12.2 Å². The number of likely N-dealkylation sites (N-methyl/N-ethyl adjacent to an activating group) is 1. The first-order valence-corrected chi connectivity index (χ1v) is 11.4. The van der Waals surface area contributed by atoms with Gasteiger partial charge in [-0.2, -0.15) is 0 Å². The number of unbranched alkanes of at least 4 members (excludes halogenated alkanes) is 1. The van der Waals surface area contributed by atoms with Gasteiger partial charge in [0.1, 0.15) is 0 Å². The fourth-order valence-corrected chi connectivity index (χ4v) is 4.06. The highest BCUT2D eigenvalue weighted by atomic mass is 16.7. The van der Waals surface area contributed by atoms with Crippen molar-refractivity contribution in [3.05, 3.63) is 47.9 Å². The SMILES string of the molecule is COC(CN(C)C(=O)C1=C[C@@H](c2cn(C(C)=O)c3ccccc23)C[C@@H](OCCCCO)O1)OC. The molecule has 0 saturated carbocycles. The van der Waals surface area contributed by atoms with Gasteiger partial charge in [0.15, 0.2) is 12.0 Å². The van der Waals surface area contributed by atoms with E-state index >= 15 is 0 Å². The van der Waals surface area contributed by atoms with Crippen LogP contribution in [0.5, 0.6) is 0 Å². The first-order valence-electron chi connectivity index (χ1n) is 11.4. The van der Waals surface area contributed by atoms with E-state index in [1.165, 1.54) is 26.0 Å². The van der Waals surface area contributed by atoms with E-state index in [1.54, 1.807) is 17.7 Å². The minimum absolute atomic E-state index is 0.0866. The van der Waals surface area contributed by atoms with Crippen molar-refractivity contribution in [2.24, 2.45) is 0 Å². The maximum atomic E-state index is 13.2. The third kappa shape index (κ3) is 6.04. The third-order valence-corrected chi connectivity index (χ3v) is 5.90. The lowest BCUT2D eigenvalue weighted by molar-refractivity contribution is -0.158. The Bertz CT molecular complexity index is 1010. The molecule has 0 fully saturated rings. The number of carbonyl (C=O) groups is 2. The van der Waals surface area contributed by atoms with Gasteiger partial charge in [-0.3, -0.25) is 14.2 Å². The van der Waals surface area contributed by atoms with Crippen LogP contribution in [0.15, 0.2) is 42.3 Å². The summed E-state index contributed by atoms with van der Waals surface area (Å²) in [6.45, 7) is 2.24. The van der Waals surface area contributed by atoms with Crippen molar-refractivity contribution in [3.63, 3.8) is 0 Å². The van der Waals surface area contributed by atoms with Crippen molar-refractivity contribution in [2.75, 3.05) is 41.0 Å². The summed E-state index contributed by atoms with van der Waals surface area (Å²) >= 11 is 0. The van der Waals surface area contributed by atoms with Gasteiger partial charge in [-0.15, -0.1) is 0 Å². The molecule has 9 nitrogen and oxygen atoms in total. The molecule has 1 aliphatic rings. The Morgan fingerprint density at radius 1 is 1.24 bits per heavy atom. The van der Waals surface area contributed by atoms with Crippen molar-refractivity contribution in [1.29, 1.82) is 0 Å². The van der Waals surface area contributed by atoms with Crippen LogP contribution in [0, 0.1) is 0 Å². The summed E-state index contributed by atoms with van der Waals surface area (Å²) in [5, 5.41) is 9.98. The first kappa shape index (κ1) is 25.9. The van der Waals surface area contributed by atoms with Crippen LogP contribution in [-0.4, -0.2) is 80.0 Å². The van der Waals surface area contributed by atoms with Crippen molar-refractivity contribution >= 4 is 22.7 Å². The summed E-state index contributed by atoms with van der Waals surface area (Å²) in [5.74, 6) is -0.425. The molecule has 0 aliphatic carbocycles. The number of nitrogens with zero attached hydrogens (tertiary/aromatic N) is 2. The van der Waals surface area contributed by atoms with Gasteiger partial charge in [-0.1, -0.05) is 18.2 Å². The molecule has 34 heavy (non-hydrogen) atoms. The number of ether oxygens (including phenoxy) is 4. The Balaban J connectivity index is 1.92. The van der Waals surface area contributed by atoms with Crippen LogP contribution >= 0.6 is 0 Å². The summed E-state index contributed by atoms with van der Waals surface area (Å²) in [6.07, 6.45) is 4.23. The number of methoxy groups -OCH3 is 2. The average Bonchev–Trinajstić information content (AvgIpc) is 3.24. The van der Waals surface area contributed by atoms with Crippen LogP contribution < -0.4 is 0 Å². The van der Waals surface area contributed by atoms with Crippen LogP contribution in [0.25, 0.3) is 10.9 Å². The minimum Gasteiger partial charge on any atom is -0.459 e. The number of carbonyl (C=O) groups excluding carboxylic acids is 2. The molecule has 1 amide bonds. The zero-order chi connectivity index (χ0) is 24.7. The number of para-hydroxylation sites is 1. The zero-order valence-corrected chi connectivity index (χ0v) is 20.2. The molecule has 0 saturated heterocycles. The van der Waals surface area contributed by atoms with E-state index in [1.807, 2.05) is 30.5 Å². The summed E-state index contributed by atoms with van der Waals surface area (Å²) < 4.78 is 23.9. The number of benzene rings is 1. The molecule has 186 valence electrons.